The Hall–Kier alpha value is -2.91. The van der Waals surface area contributed by atoms with Crippen LogP contribution in [0.3, 0.4) is 0 Å². The van der Waals surface area contributed by atoms with Crippen LogP contribution >= 0.6 is 0 Å². The number of halogens is 1. The lowest BCUT2D eigenvalue weighted by atomic mass is 9.95. The van der Waals surface area contributed by atoms with Gasteiger partial charge >= 0.3 is 0 Å². The first-order valence-corrected chi connectivity index (χ1v) is 11.1. The monoisotopic (exact) mass is 443 g/mol. The highest BCUT2D eigenvalue weighted by Gasteiger charge is 2.24. The van der Waals surface area contributed by atoms with E-state index in [1.54, 1.807) is 18.3 Å². The predicted molar refractivity (Wildman–Crippen MR) is 122 cm³/mol. The number of rotatable bonds is 7. The molecule has 2 atom stereocenters. The minimum Gasteiger partial charge on any atom is -0.381 e. The lowest BCUT2D eigenvalue weighted by Crippen LogP contribution is -2.37. The maximum Gasteiger partial charge on any atom is 0.229 e. The van der Waals surface area contributed by atoms with Gasteiger partial charge in [0.15, 0.2) is 0 Å². The van der Waals surface area contributed by atoms with Crippen LogP contribution in [0.15, 0.2) is 30.5 Å². The molecule has 0 spiro atoms. The van der Waals surface area contributed by atoms with Crippen molar-refractivity contribution in [2.45, 2.75) is 25.7 Å². The van der Waals surface area contributed by atoms with Crippen molar-refractivity contribution < 1.29 is 18.7 Å². The molecule has 2 unspecified atom stereocenters. The van der Waals surface area contributed by atoms with Gasteiger partial charge in [0.1, 0.15) is 11.6 Å². The van der Waals surface area contributed by atoms with Crippen molar-refractivity contribution in [1.29, 1.82) is 0 Å². The molecule has 2 aliphatic rings. The summed E-state index contributed by atoms with van der Waals surface area (Å²) in [5.41, 5.74) is 7.20. The molecule has 8 nitrogen and oxygen atoms in total. The number of benzene rings is 1. The van der Waals surface area contributed by atoms with Gasteiger partial charge in [0.2, 0.25) is 11.9 Å². The quantitative estimate of drug-likeness (QED) is 0.683. The molecule has 9 heteroatoms. The summed E-state index contributed by atoms with van der Waals surface area (Å²) >= 11 is 0. The van der Waals surface area contributed by atoms with Gasteiger partial charge in [-0.05, 0) is 36.6 Å². The van der Waals surface area contributed by atoms with Gasteiger partial charge in [0.25, 0.3) is 0 Å². The number of nitrogens with one attached hydrogen (secondary N) is 1. The van der Waals surface area contributed by atoms with Crippen LogP contribution in [-0.2, 0) is 14.3 Å². The van der Waals surface area contributed by atoms with Crippen LogP contribution in [0.25, 0.3) is 6.20 Å². The molecule has 2 aromatic rings. The molecule has 1 aromatic heterocycles. The first-order chi connectivity index (χ1) is 15.6. The van der Waals surface area contributed by atoms with E-state index in [-0.39, 0.29) is 23.6 Å². The van der Waals surface area contributed by atoms with Crippen LogP contribution in [-0.4, -0.2) is 55.0 Å². The number of amides is 1. The Labute approximate surface area is 187 Å². The van der Waals surface area contributed by atoms with E-state index in [9.17, 15) is 9.18 Å². The van der Waals surface area contributed by atoms with Crippen LogP contribution in [0.4, 0.5) is 21.8 Å². The Morgan fingerprint density at radius 2 is 2.16 bits per heavy atom. The molecule has 3 heterocycles. The van der Waals surface area contributed by atoms with E-state index < -0.39 is 0 Å². The summed E-state index contributed by atoms with van der Waals surface area (Å²) in [5.74, 6) is 0.505. The number of carbonyl (C=O) groups is 1. The van der Waals surface area contributed by atoms with Crippen molar-refractivity contribution in [1.82, 2.24) is 9.55 Å². The van der Waals surface area contributed by atoms with E-state index in [0.29, 0.717) is 56.5 Å². The summed E-state index contributed by atoms with van der Waals surface area (Å²) in [4.78, 5) is 18.8. The molecule has 0 aliphatic carbocycles. The second kappa shape index (κ2) is 10.1. The fourth-order valence-electron chi connectivity index (χ4n) is 4.09. The molecule has 0 saturated carbocycles. The van der Waals surface area contributed by atoms with Gasteiger partial charge < -0.3 is 25.4 Å². The van der Waals surface area contributed by atoms with Crippen molar-refractivity contribution in [2.75, 3.05) is 55.5 Å². The minimum atomic E-state index is -0.310. The first-order valence-electron chi connectivity index (χ1n) is 11.1. The molecule has 4 rings (SSSR count). The molecule has 0 radical (unpaired) electrons. The number of ether oxygens (including phenoxy) is 2. The third-order valence-corrected chi connectivity index (χ3v) is 6.01. The van der Waals surface area contributed by atoms with Crippen molar-refractivity contribution in [3.63, 3.8) is 0 Å². The lowest BCUT2D eigenvalue weighted by molar-refractivity contribution is -0.119. The molecule has 1 aromatic carbocycles. The highest BCUT2D eigenvalue weighted by atomic mass is 19.1. The Kier molecular flexibility index (Phi) is 7.06. The lowest BCUT2D eigenvalue weighted by Gasteiger charge is -2.28. The van der Waals surface area contributed by atoms with Crippen molar-refractivity contribution in [3.05, 3.63) is 41.9 Å². The molecule has 3 N–H and O–H groups in total. The molecule has 2 saturated heterocycles. The number of nitrogens with zero attached hydrogens (tertiary/aromatic N) is 3. The van der Waals surface area contributed by atoms with Gasteiger partial charge in [0.05, 0.1) is 31.9 Å². The Balaban J connectivity index is 1.53. The van der Waals surface area contributed by atoms with Crippen LogP contribution < -0.4 is 16.0 Å². The van der Waals surface area contributed by atoms with E-state index >= 15 is 0 Å². The summed E-state index contributed by atoms with van der Waals surface area (Å²) < 4.78 is 27.3. The highest BCUT2D eigenvalue weighted by molar-refractivity contribution is 5.92. The zero-order chi connectivity index (χ0) is 22.5. The number of nitrogens with two attached hydrogens (primary N) is 1. The molecule has 2 fully saturated rings. The zero-order valence-corrected chi connectivity index (χ0v) is 18.3. The Morgan fingerprint density at radius 1 is 1.34 bits per heavy atom. The summed E-state index contributed by atoms with van der Waals surface area (Å²) in [7, 11) is 0. The Bertz CT molecular complexity index is 965. The van der Waals surface area contributed by atoms with Gasteiger partial charge in [-0.25, -0.2) is 9.37 Å². The van der Waals surface area contributed by atoms with Crippen molar-refractivity contribution >= 4 is 29.6 Å². The van der Waals surface area contributed by atoms with Gasteiger partial charge in [-0.1, -0.05) is 13.0 Å². The number of carbonyl (C=O) groups excluding carboxylic acids is 1. The van der Waals surface area contributed by atoms with E-state index in [1.807, 2.05) is 23.8 Å². The third kappa shape index (κ3) is 4.94. The normalized spacial score (nSPS) is 20.1. The first kappa shape index (κ1) is 22.3. The largest absolute Gasteiger partial charge is 0.381 e. The van der Waals surface area contributed by atoms with Crippen molar-refractivity contribution in [3.8, 4) is 0 Å². The molecule has 32 heavy (non-hydrogen) atoms. The van der Waals surface area contributed by atoms with Crippen LogP contribution in [0.2, 0.25) is 0 Å². The number of allylic oxidation sites excluding steroid dienone is 1. The number of imidazole rings is 1. The third-order valence-electron chi connectivity index (χ3n) is 6.01. The zero-order valence-electron chi connectivity index (χ0n) is 18.3. The number of aromatic nitrogens is 2. The second-order valence-corrected chi connectivity index (χ2v) is 8.09. The maximum absolute atomic E-state index is 14.7. The number of hydrogen-bond acceptors (Lipinski definition) is 6. The smallest absolute Gasteiger partial charge is 0.229 e. The number of hydrogen-bond donors (Lipinski definition) is 2. The van der Waals surface area contributed by atoms with E-state index in [2.05, 4.69) is 15.2 Å². The van der Waals surface area contributed by atoms with Crippen molar-refractivity contribution in [2.24, 2.45) is 5.92 Å². The predicted octanol–water partition coefficient (Wildman–Crippen LogP) is 3.08. The Morgan fingerprint density at radius 3 is 2.88 bits per heavy atom. The van der Waals surface area contributed by atoms with Gasteiger partial charge in [0, 0.05) is 37.5 Å². The SMILES string of the molecule is CCC(/C=C\n1c(N2CCOCC2)cnc1N)c1cc(NC(=O)C2CCOC2)ccc1F. The molecular weight excluding hydrogens is 413 g/mol. The van der Waals surface area contributed by atoms with Gasteiger partial charge in [-0.2, -0.15) is 0 Å². The van der Waals surface area contributed by atoms with E-state index in [1.165, 1.54) is 6.07 Å². The summed E-state index contributed by atoms with van der Waals surface area (Å²) in [6, 6.07) is 4.70. The molecule has 0 bridgehead atoms. The van der Waals surface area contributed by atoms with Gasteiger partial charge in [-0.15, -0.1) is 0 Å². The van der Waals surface area contributed by atoms with Gasteiger partial charge in [-0.3, -0.25) is 9.36 Å². The fraction of sp³-hybridized carbons (Fsp3) is 0.478. The van der Waals surface area contributed by atoms with Crippen LogP contribution in [0.1, 0.15) is 31.2 Å². The van der Waals surface area contributed by atoms with E-state index in [4.69, 9.17) is 15.2 Å². The fourth-order valence-corrected chi connectivity index (χ4v) is 4.09. The molecule has 2 aliphatic heterocycles. The molecule has 172 valence electrons. The van der Waals surface area contributed by atoms with E-state index in [0.717, 1.165) is 18.9 Å². The number of anilines is 3. The average Bonchev–Trinajstić information content (AvgIpc) is 3.47. The van der Waals surface area contributed by atoms with Crippen LogP contribution in [0.5, 0.6) is 0 Å². The minimum absolute atomic E-state index is 0.0926. The summed E-state index contributed by atoms with van der Waals surface area (Å²) in [5, 5.41) is 2.90. The number of morpholine rings is 1. The second-order valence-electron chi connectivity index (χ2n) is 8.09. The average molecular weight is 444 g/mol. The molecule has 1 amide bonds. The topological polar surface area (TPSA) is 94.6 Å². The van der Waals surface area contributed by atoms with Crippen LogP contribution in [0, 0.1) is 11.7 Å². The summed E-state index contributed by atoms with van der Waals surface area (Å²) in [6.07, 6.45) is 6.91. The molecular formula is C23H30FN5O3. The summed E-state index contributed by atoms with van der Waals surface area (Å²) in [6.45, 7) is 5.86. The number of nitrogen functional groups attached to an aromatic ring is 1. The maximum atomic E-state index is 14.7. The standard InChI is InChI=1S/C23H30FN5O3/c1-2-16(5-7-29-21(14-26-23(29)25)28-8-11-31-12-9-28)19-13-18(3-4-20(19)24)27-22(30)17-6-10-32-15-17/h3-5,7,13-14,16-17H,2,6,8-12,15H2,1H3,(H2,25,26)(H,27,30)/b7-5-. The highest BCUT2D eigenvalue weighted by Crippen LogP contribution is 2.29.